The standard InChI is InChI=1S/C17H15ClFN3O5S/c1-20-14-4-3-12(6-13(14)19)27-15-8-22(9-17(15,24)10-23)28(25,26)16-5-2-11(18)7-21-16/h2-7,15,23-24H,8-10H2/t15-,17-/m0/s1. The van der Waals surface area contributed by atoms with E-state index in [-0.39, 0.29) is 28.0 Å². The van der Waals surface area contributed by atoms with Crippen LogP contribution in [0.3, 0.4) is 0 Å². The van der Waals surface area contributed by atoms with Gasteiger partial charge in [0, 0.05) is 18.8 Å². The molecule has 0 amide bonds. The van der Waals surface area contributed by atoms with Crippen molar-refractivity contribution in [3.05, 3.63) is 58.8 Å². The molecule has 148 valence electrons. The minimum Gasteiger partial charge on any atom is -0.486 e. The molecule has 1 aromatic heterocycles. The number of rotatable bonds is 5. The number of aliphatic hydroxyl groups is 2. The number of pyridine rings is 1. The number of nitrogens with zero attached hydrogens (tertiary/aromatic N) is 3. The van der Waals surface area contributed by atoms with Crippen LogP contribution in [-0.4, -0.2) is 59.3 Å². The van der Waals surface area contributed by atoms with Crippen LogP contribution in [0, 0.1) is 12.4 Å². The van der Waals surface area contributed by atoms with Gasteiger partial charge < -0.3 is 14.9 Å². The fraction of sp³-hybridized carbons (Fsp3) is 0.294. The zero-order chi connectivity index (χ0) is 20.5. The molecular formula is C17H15ClFN3O5S. The summed E-state index contributed by atoms with van der Waals surface area (Å²) in [5.74, 6) is -0.821. The molecule has 2 N–H and O–H groups in total. The predicted octanol–water partition coefficient (Wildman–Crippen LogP) is 1.60. The monoisotopic (exact) mass is 427 g/mol. The summed E-state index contributed by atoms with van der Waals surface area (Å²) < 4.78 is 45.8. The number of aliphatic hydroxyl groups excluding tert-OH is 1. The molecule has 0 unspecified atom stereocenters. The van der Waals surface area contributed by atoms with Gasteiger partial charge in [-0.15, -0.1) is 0 Å². The Morgan fingerprint density at radius 3 is 2.75 bits per heavy atom. The summed E-state index contributed by atoms with van der Waals surface area (Å²) in [5.41, 5.74) is -2.11. The maximum atomic E-state index is 13.8. The number of hydrogen-bond acceptors (Lipinski definition) is 6. The van der Waals surface area contributed by atoms with E-state index >= 15 is 0 Å². The number of β-amino-alcohol motifs (C(OH)–C–C–N with tert-alkyl or cyclic N) is 1. The van der Waals surface area contributed by atoms with Crippen molar-refractivity contribution in [2.24, 2.45) is 0 Å². The molecule has 3 rings (SSSR count). The molecule has 0 aliphatic carbocycles. The van der Waals surface area contributed by atoms with E-state index in [1.807, 2.05) is 0 Å². The van der Waals surface area contributed by atoms with E-state index in [1.54, 1.807) is 0 Å². The molecule has 0 bridgehead atoms. The molecule has 8 nitrogen and oxygen atoms in total. The molecule has 0 spiro atoms. The fourth-order valence-corrected chi connectivity index (χ4v) is 4.30. The molecule has 28 heavy (non-hydrogen) atoms. The van der Waals surface area contributed by atoms with Crippen LogP contribution in [0.5, 0.6) is 5.75 Å². The summed E-state index contributed by atoms with van der Waals surface area (Å²) in [6, 6.07) is 6.08. The van der Waals surface area contributed by atoms with Crippen LogP contribution in [-0.2, 0) is 10.0 Å². The lowest BCUT2D eigenvalue weighted by Gasteiger charge is -2.27. The summed E-state index contributed by atoms with van der Waals surface area (Å²) in [4.78, 5) is 6.78. The summed E-state index contributed by atoms with van der Waals surface area (Å²) in [7, 11) is -4.08. The van der Waals surface area contributed by atoms with Crippen LogP contribution in [0.4, 0.5) is 10.1 Å². The fourth-order valence-electron chi connectivity index (χ4n) is 2.77. The Hall–Kier alpha value is -2.29. The van der Waals surface area contributed by atoms with Crippen LogP contribution in [0.2, 0.25) is 5.02 Å². The number of ether oxygens (including phenoxy) is 1. The van der Waals surface area contributed by atoms with Gasteiger partial charge in [0.15, 0.2) is 5.03 Å². The zero-order valence-corrected chi connectivity index (χ0v) is 15.9. The first-order chi connectivity index (χ1) is 13.2. The van der Waals surface area contributed by atoms with Crippen LogP contribution in [0.1, 0.15) is 0 Å². The molecule has 1 saturated heterocycles. The molecule has 2 heterocycles. The Balaban J connectivity index is 1.86. The van der Waals surface area contributed by atoms with E-state index in [0.29, 0.717) is 0 Å². The predicted molar refractivity (Wildman–Crippen MR) is 97.1 cm³/mol. The zero-order valence-electron chi connectivity index (χ0n) is 14.3. The maximum absolute atomic E-state index is 13.8. The summed E-state index contributed by atoms with van der Waals surface area (Å²) in [6.45, 7) is 5.33. The van der Waals surface area contributed by atoms with Gasteiger partial charge in [-0.1, -0.05) is 11.6 Å². The lowest BCUT2D eigenvalue weighted by atomic mass is 10.0. The minimum absolute atomic E-state index is 0.00867. The molecule has 1 aromatic carbocycles. The van der Waals surface area contributed by atoms with E-state index in [2.05, 4.69) is 9.83 Å². The second kappa shape index (κ2) is 7.62. The third-order valence-corrected chi connectivity index (χ3v) is 6.27. The Kier molecular flexibility index (Phi) is 5.56. The van der Waals surface area contributed by atoms with Gasteiger partial charge in [0.05, 0.1) is 24.7 Å². The SMILES string of the molecule is [C-]#[N+]c1ccc(O[C@H]2CN(S(=O)(=O)c3ccc(Cl)cn3)C[C@]2(O)CO)cc1F. The van der Waals surface area contributed by atoms with Crippen molar-refractivity contribution in [3.8, 4) is 5.75 Å². The topological polar surface area (TPSA) is 104 Å². The first kappa shape index (κ1) is 20.4. The molecule has 1 fully saturated rings. The van der Waals surface area contributed by atoms with E-state index in [1.165, 1.54) is 30.5 Å². The number of hydrogen-bond donors (Lipinski definition) is 2. The van der Waals surface area contributed by atoms with Crippen molar-refractivity contribution in [3.63, 3.8) is 0 Å². The van der Waals surface area contributed by atoms with E-state index in [0.717, 1.165) is 10.4 Å². The number of aromatic nitrogens is 1. The minimum atomic E-state index is -4.08. The van der Waals surface area contributed by atoms with Crippen molar-refractivity contribution in [1.82, 2.24) is 9.29 Å². The molecule has 1 aliphatic heterocycles. The van der Waals surface area contributed by atoms with Crippen LogP contribution in [0.25, 0.3) is 4.85 Å². The van der Waals surface area contributed by atoms with Crippen molar-refractivity contribution < 1.29 is 27.8 Å². The van der Waals surface area contributed by atoms with Gasteiger partial charge in [-0.2, -0.15) is 4.31 Å². The third-order valence-electron chi connectivity index (χ3n) is 4.32. The number of halogens is 2. The Labute approximate surface area is 165 Å². The van der Waals surface area contributed by atoms with Gasteiger partial charge in [-0.3, -0.25) is 0 Å². The van der Waals surface area contributed by atoms with Gasteiger partial charge in [0.25, 0.3) is 10.0 Å². The molecule has 0 radical (unpaired) electrons. The highest BCUT2D eigenvalue weighted by Gasteiger charge is 2.51. The van der Waals surface area contributed by atoms with Gasteiger partial charge in [0.1, 0.15) is 23.3 Å². The summed E-state index contributed by atoms with van der Waals surface area (Å²) in [6.07, 6.45) is 0.0103. The maximum Gasteiger partial charge on any atom is 0.260 e. The second-order valence-corrected chi connectivity index (χ2v) is 8.53. The molecule has 2 atom stereocenters. The largest absolute Gasteiger partial charge is 0.486 e. The molecule has 2 aromatic rings. The first-order valence-corrected chi connectivity index (χ1v) is 9.80. The van der Waals surface area contributed by atoms with Crippen LogP contribution in [0.15, 0.2) is 41.6 Å². The van der Waals surface area contributed by atoms with Gasteiger partial charge in [-0.05, 0) is 24.3 Å². The van der Waals surface area contributed by atoms with Gasteiger partial charge >= 0.3 is 0 Å². The highest BCUT2D eigenvalue weighted by Crippen LogP contribution is 2.31. The molecular weight excluding hydrogens is 413 g/mol. The van der Waals surface area contributed by atoms with E-state index in [4.69, 9.17) is 22.9 Å². The molecule has 1 aliphatic rings. The van der Waals surface area contributed by atoms with Crippen molar-refractivity contribution >= 4 is 27.3 Å². The summed E-state index contributed by atoms with van der Waals surface area (Å²) >= 11 is 5.72. The Morgan fingerprint density at radius 1 is 1.43 bits per heavy atom. The highest BCUT2D eigenvalue weighted by molar-refractivity contribution is 7.89. The Bertz CT molecular complexity index is 1030. The third kappa shape index (κ3) is 3.80. The van der Waals surface area contributed by atoms with Crippen LogP contribution >= 0.6 is 11.6 Å². The Morgan fingerprint density at radius 2 is 2.18 bits per heavy atom. The first-order valence-electron chi connectivity index (χ1n) is 7.98. The van der Waals surface area contributed by atoms with Crippen LogP contribution < -0.4 is 4.74 Å². The van der Waals surface area contributed by atoms with Crippen molar-refractivity contribution in [2.45, 2.75) is 16.7 Å². The van der Waals surface area contributed by atoms with Gasteiger partial charge in [0.2, 0.25) is 5.69 Å². The smallest absolute Gasteiger partial charge is 0.260 e. The quantitative estimate of drug-likeness (QED) is 0.702. The number of benzene rings is 1. The lowest BCUT2D eigenvalue weighted by molar-refractivity contribution is -0.0641. The molecule has 11 heteroatoms. The average Bonchev–Trinajstić information content (AvgIpc) is 3.00. The lowest BCUT2D eigenvalue weighted by Crippen LogP contribution is -2.48. The molecule has 0 saturated carbocycles. The van der Waals surface area contributed by atoms with Crippen molar-refractivity contribution in [1.29, 1.82) is 0 Å². The second-order valence-electron chi connectivity index (χ2n) is 6.21. The average molecular weight is 428 g/mol. The normalized spacial score (nSPS) is 22.8. The van der Waals surface area contributed by atoms with Gasteiger partial charge in [-0.25, -0.2) is 22.6 Å². The van der Waals surface area contributed by atoms with E-state index < -0.39 is 40.7 Å². The summed E-state index contributed by atoms with van der Waals surface area (Å²) in [5, 5.41) is 20.2. The highest BCUT2D eigenvalue weighted by atomic mass is 35.5. The van der Waals surface area contributed by atoms with Crippen molar-refractivity contribution in [2.75, 3.05) is 19.7 Å². The van der Waals surface area contributed by atoms with E-state index in [9.17, 15) is 23.0 Å². The number of sulfonamides is 1.